The fraction of sp³-hybridized carbons (Fsp3) is 0.950. The average Bonchev–Trinajstić information content (AvgIpc) is 3.02. The number of urea groups is 1. The Morgan fingerprint density at radius 1 is 1.14 bits per heavy atom. The Kier molecular flexibility index (Phi) is 7.95. The summed E-state index contributed by atoms with van der Waals surface area (Å²) in [7, 11) is 0. The smallest absolute Gasteiger partial charge is 0.375 e. The van der Waals surface area contributed by atoms with Crippen LogP contribution in [0.2, 0.25) is 0 Å². The Labute approximate surface area is 175 Å². The van der Waals surface area contributed by atoms with Crippen molar-refractivity contribution in [1.82, 2.24) is 10.6 Å². The molecule has 3 fully saturated rings. The molecule has 2 N–H and O–H groups in total. The van der Waals surface area contributed by atoms with Crippen molar-refractivity contribution in [1.29, 1.82) is 0 Å². The predicted octanol–water partition coefficient (Wildman–Crippen LogP) is 4.52. The molecule has 0 aromatic carbocycles. The van der Waals surface area contributed by atoms with E-state index in [9.17, 15) is 18.0 Å². The van der Waals surface area contributed by atoms with Gasteiger partial charge in [-0.1, -0.05) is 19.3 Å². The maximum absolute atomic E-state index is 13.1. The highest BCUT2D eigenvalue weighted by Crippen LogP contribution is 2.35. The summed E-state index contributed by atoms with van der Waals surface area (Å²) in [5.41, 5.74) is 0. The first-order valence-corrected chi connectivity index (χ1v) is 11.2. The summed E-state index contributed by atoms with van der Waals surface area (Å²) in [4.78, 5) is 12.3. The molecule has 2 saturated carbocycles. The van der Waals surface area contributed by atoms with Gasteiger partial charge in [-0.25, -0.2) is 4.79 Å². The van der Waals surface area contributed by atoms with Crippen LogP contribution in [0.3, 0.4) is 0 Å². The number of rotatable bonds is 5. The molecule has 3 aliphatic rings. The lowest BCUT2D eigenvalue weighted by molar-refractivity contribution is -0.217. The van der Waals surface area contributed by atoms with E-state index in [-0.39, 0.29) is 36.5 Å². The van der Waals surface area contributed by atoms with Crippen molar-refractivity contribution < 1.29 is 27.4 Å². The van der Waals surface area contributed by atoms with Gasteiger partial charge < -0.3 is 20.1 Å². The quantitative estimate of drug-likeness (QED) is 0.618. The molecule has 29 heavy (non-hydrogen) atoms. The Bertz CT molecular complexity index is 546. The normalized spacial score (nSPS) is 36.7. The number of carbonyl (C=O) groups excluding carboxylic acids is 1. The number of alkyl halides is 4. The number of hydrogen-bond acceptors (Lipinski definition) is 3. The first kappa shape index (κ1) is 22.9. The molecule has 1 saturated heterocycles. The van der Waals surface area contributed by atoms with E-state index in [4.69, 9.17) is 21.1 Å². The first-order chi connectivity index (χ1) is 13.7. The van der Waals surface area contributed by atoms with Crippen LogP contribution in [0.1, 0.15) is 64.7 Å². The van der Waals surface area contributed by atoms with Crippen molar-refractivity contribution >= 4 is 17.6 Å². The van der Waals surface area contributed by atoms with Crippen molar-refractivity contribution in [2.45, 2.75) is 107 Å². The number of nitrogens with one attached hydrogen (secondary N) is 2. The van der Waals surface area contributed by atoms with Crippen molar-refractivity contribution in [3.8, 4) is 0 Å². The molecule has 6 atom stereocenters. The fourth-order valence-corrected chi connectivity index (χ4v) is 5.21. The van der Waals surface area contributed by atoms with Crippen LogP contribution < -0.4 is 10.6 Å². The summed E-state index contributed by atoms with van der Waals surface area (Å²) in [6.07, 6.45) is 1.78. The van der Waals surface area contributed by atoms with Crippen molar-refractivity contribution in [3.63, 3.8) is 0 Å². The van der Waals surface area contributed by atoms with Gasteiger partial charge in [-0.2, -0.15) is 13.2 Å². The minimum absolute atomic E-state index is 0.0209. The van der Waals surface area contributed by atoms with Gasteiger partial charge in [0.1, 0.15) is 0 Å². The van der Waals surface area contributed by atoms with E-state index in [1.165, 1.54) is 19.3 Å². The Morgan fingerprint density at radius 2 is 1.86 bits per heavy atom. The summed E-state index contributed by atoms with van der Waals surface area (Å²) in [6, 6.07) is -1.70. The van der Waals surface area contributed by atoms with Crippen LogP contribution in [0.4, 0.5) is 18.0 Å². The zero-order valence-electron chi connectivity index (χ0n) is 16.8. The van der Waals surface area contributed by atoms with Gasteiger partial charge in [-0.3, -0.25) is 0 Å². The van der Waals surface area contributed by atoms with Gasteiger partial charge in [-0.05, 0) is 45.4 Å². The molecule has 0 spiro atoms. The van der Waals surface area contributed by atoms with Gasteiger partial charge >= 0.3 is 12.2 Å². The highest BCUT2D eigenvalue weighted by Gasteiger charge is 2.51. The van der Waals surface area contributed by atoms with Gasteiger partial charge in [-0.15, -0.1) is 11.6 Å². The molecule has 6 unspecified atom stereocenters. The molecule has 0 bridgehead atoms. The molecule has 168 valence electrons. The third-order valence-corrected chi connectivity index (χ3v) is 6.84. The second-order valence-corrected chi connectivity index (χ2v) is 9.21. The van der Waals surface area contributed by atoms with Gasteiger partial charge in [0.2, 0.25) is 0 Å². The predicted molar refractivity (Wildman–Crippen MR) is 104 cm³/mol. The molecule has 1 aliphatic heterocycles. The second kappa shape index (κ2) is 10.1. The van der Waals surface area contributed by atoms with Crippen LogP contribution in [-0.4, -0.2) is 54.6 Å². The highest BCUT2D eigenvalue weighted by atomic mass is 35.5. The lowest BCUT2D eigenvalue weighted by Crippen LogP contribution is -2.52. The maximum Gasteiger partial charge on any atom is 0.416 e. The summed E-state index contributed by atoms with van der Waals surface area (Å²) < 4.78 is 50.6. The Morgan fingerprint density at radius 3 is 2.55 bits per heavy atom. The molecule has 2 aliphatic carbocycles. The first-order valence-electron chi connectivity index (χ1n) is 10.8. The van der Waals surface area contributed by atoms with Gasteiger partial charge in [0, 0.05) is 17.8 Å². The number of halogens is 4. The summed E-state index contributed by atoms with van der Waals surface area (Å²) >= 11 is 6.53. The third kappa shape index (κ3) is 6.37. The van der Waals surface area contributed by atoms with E-state index < -0.39 is 30.5 Å². The zero-order chi connectivity index (χ0) is 21.0. The molecule has 9 heteroatoms. The summed E-state index contributed by atoms with van der Waals surface area (Å²) in [5.74, 6) is -0.0461. The Hall–Kier alpha value is -0.730. The topological polar surface area (TPSA) is 59.6 Å². The van der Waals surface area contributed by atoms with Gasteiger partial charge in [0.25, 0.3) is 0 Å². The molecule has 5 nitrogen and oxygen atoms in total. The van der Waals surface area contributed by atoms with Crippen LogP contribution >= 0.6 is 11.6 Å². The molecule has 2 amide bonds. The third-order valence-electron chi connectivity index (χ3n) is 6.30. The van der Waals surface area contributed by atoms with Crippen LogP contribution in [0.15, 0.2) is 0 Å². The fourth-order valence-electron chi connectivity index (χ4n) is 4.80. The molecule has 3 rings (SSSR count). The minimum atomic E-state index is -4.51. The van der Waals surface area contributed by atoms with E-state index in [0.717, 1.165) is 32.1 Å². The van der Waals surface area contributed by atoms with E-state index in [2.05, 4.69) is 10.6 Å². The van der Waals surface area contributed by atoms with E-state index in [0.29, 0.717) is 0 Å². The summed E-state index contributed by atoms with van der Waals surface area (Å²) in [5, 5.41) is 5.05. The second-order valence-electron chi connectivity index (χ2n) is 8.65. The van der Waals surface area contributed by atoms with E-state index >= 15 is 0 Å². The standard InChI is InChI=1S/C20H32ClF3N2O3/c1-12-10-16(18(28-12)20(22,23)24)26-19(27)25-11-14-15(21)8-5-9-17(14)29-13-6-3-2-4-7-13/h12-18H,2-11H2,1H3,(H2,25,26,27). The monoisotopic (exact) mass is 440 g/mol. The van der Waals surface area contributed by atoms with Crippen molar-refractivity contribution in [3.05, 3.63) is 0 Å². The number of amides is 2. The van der Waals surface area contributed by atoms with Crippen LogP contribution in [0, 0.1) is 5.92 Å². The van der Waals surface area contributed by atoms with E-state index in [1.807, 2.05) is 0 Å². The molecule has 1 heterocycles. The van der Waals surface area contributed by atoms with Crippen LogP contribution in [0.5, 0.6) is 0 Å². The number of ether oxygens (including phenoxy) is 2. The zero-order valence-corrected chi connectivity index (χ0v) is 17.6. The lowest BCUT2D eigenvalue weighted by Gasteiger charge is -2.38. The molecule has 0 aromatic rings. The average molecular weight is 441 g/mol. The van der Waals surface area contributed by atoms with E-state index in [1.54, 1.807) is 6.92 Å². The number of hydrogen-bond donors (Lipinski definition) is 2. The van der Waals surface area contributed by atoms with Crippen LogP contribution in [-0.2, 0) is 9.47 Å². The van der Waals surface area contributed by atoms with Gasteiger partial charge in [0.05, 0.1) is 24.4 Å². The maximum atomic E-state index is 13.1. The SMILES string of the molecule is CC1CC(NC(=O)NCC2C(Cl)CCCC2OC2CCCCC2)C(C(F)(F)F)O1. The van der Waals surface area contributed by atoms with Gasteiger partial charge in [0.15, 0.2) is 6.10 Å². The largest absolute Gasteiger partial charge is 0.416 e. The molecular weight excluding hydrogens is 409 g/mol. The summed E-state index contributed by atoms with van der Waals surface area (Å²) in [6.45, 7) is 1.86. The van der Waals surface area contributed by atoms with Crippen molar-refractivity contribution in [2.75, 3.05) is 6.54 Å². The Balaban J connectivity index is 1.51. The molecule has 0 aromatic heterocycles. The number of carbonyl (C=O) groups is 1. The minimum Gasteiger partial charge on any atom is -0.375 e. The molecule has 0 radical (unpaired) electrons. The van der Waals surface area contributed by atoms with Crippen molar-refractivity contribution in [2.24, 2.45) is 5.92 Å². The molecular formula is C20H32ClF3N2O3. The van der Waals surface area contributed by atoms with Crippen LogP contribution in [0.25, 0.3) is 0 Å². The lowest BCUT2D eigenvalue weighted by atomic mass is 9.85. The highest BCUT2D eigenvalue weighted by molar-refractivity contribution is 6.20.